The second kappa shape index (κ2) is 7.56. The number of thiophene rings is 2. The van der Waals surface area contributed by atoms with Crippen LogP contribution in [0.2, 0.25) is 0 Å². The summed E-state index contributed by atoms with van der Waals surface area (Å²) in [5, 5.41) is 0. The predicted molar refractivity (Wildman–Crippen MR) is 116 cm³/mol. The largest absolute Gasteiger partial charge is 0.129 e. The Bertz CT molecular complexity index is 830. The van der Waals surface area contributed by atoms with Gasteiger partial charge in [0, 0.05) is 25.1 Å². The van der Waals surface area contributed by atoms with Crippen LogP contribution in [0.4, 0.5) is 0 Å². The molecule has 1 aromatic carbocycles. The molecule has 3 heterocycles. The van der Waals surface area contributed by atoms with Crippen LogP contribution in [-0.4, -0.2) is 12.5 Å². The van der Waals surface area contributed by atoms with Gasteiger partial charge in [-0.15, -0.1) is 46.2 Å². The van der Waals surface area contributed by atoms with E-state index in [0.29, 0.717) is 0 Å². The first-order chi connectivity index (χ1) is 11.8. The van der Waals surface area contributed by atoms with E-state index in [0.717, 1.165) is 0 Å². The van der Waals surface area contributed by atoms with Crippen molar-refractivity contribution in [3.63, 3.8) is 0 Å². The first-order valence-corrected chi connectivity index (χ1v) is 13.0. The fourth-order valence-electron chi connectivity index (χ4n) is 2.39. The summed E-state index contributed by atoms with van der Waals surface area (Å²) in [5.74, 6) is 0. The van der Waals surface area contributed by atoms with Crippen molar-refractivity contribution in [2.45, 2.75) is 18.2 Å². The lowest BCUT2D eigenvalue weighted by Crippen LogP contribution is -1.82. The molecule has 0 saturated heterocycles. The molecule has 0 amide bonds. The van der Waals surface area contributed by atoms with Crippen molar-refractivity contribution in [3.05, 3.63) is 62.5 Å². The van der Waals surface area contributed by atoms with Gasteiger partial charge in [0.25, 0.3) is 0 Å². The SMILES string of the molecule is CSc1ccc(C(=C2Sc3ccccc3S2)c2ccc(SC)s2)s1. The Labute approximate surface area is 167 Å². The summed E-state index contributed by atoms with van der Waals surface area (Å²) in [4.78, 5) is 5.49. The van der Waals surface area contributed by atoms with Crippen LogP contribution in [0.15, 0.2) is 71.0 Å². The number of hydrogen-bond donors (Lipinski definition) is 0. The maximum absolute atomic E-state index is 2.28. The van der Waals surface area contributed by atoms with Gasteiger partial charge in [0.1, 0.15) is 0 Å². The summed E-state index contributed by atoms with van der Waals surface area (Å²) < 4.78 is 4.14. The first kappa shape index (κ1) is 17.2. The molecule has 0 bridgehead atoms. The van der Waals surface area contributed by atoms with Gasteiger partial charge in [0.2, 0.25) is 0 Å². The molecule has 0 spiro atoms. The van der Waals surface area contributed by atoms with E-state index >= 15 is 0 Å². The van der Waals surface area contributed by atoms with Crippen LogP contribution < -0.4 is 0 Å². The molecule has 0 unspecified atom stereocenters. The fraction of sp³-hybridized carbons (Fsp3) is 0.111. The molecule has 0 atom stereocenters. The van der Waals surface area contributed by atoms with Crippen LogP contribution in [0.3, 0.4) is 0 Å². The van der Waals surface area contributed by atoms with E-state index in [4.69, 9.17) is 0 Å². The van der Waals surface area contributed by atoms with Gasteiger partial charge in [0.15, 0.2) is 0 Å². The molecule has 3 aromatic rings. The van der Waals surface area contributed by atoms with Crippen LogP contribution in [0.1, 0.15) is 9.75 Å². The zero-order chi connectivity index (χ0) is 16.5. The van der Waals surface area contributed by atoms with Crippen molar-refractivity contribution < 1.29 is 0 Å². The molecule has 1 aliphatic rings. The van der Waals surface area contributed by atoms with Gasteiger partial charge in [-0.2, -0.15) is 0 Å². The summed E-state index contributed by atoms with van der Waals surface area (Å²) in [6.45, 7) is 0. The second-order valence-corrected chi connectivity index (χ2v) is 11.7. The van der Waals surface area contributed by atoms with Gasteiger partial charge in [-0.05, 0) is 48.9 Å². The third-order valence-corrected chi connectivity index (χ3v) is 10.4. The Balaban J connectivity index is 1.83. The minimum Gasteiger partial charge on any atom is -0.129 e. The standard InChI is InChI=1S/C18H14S6/c1-19-15-9-7-13(21-15)17(14-8-10-16(20-2)22-14)18-23-11-5-3-4-6-12(11)24-18/h3-10H,1-2H3. The molecule has 1 aliphatic heterocycles. The predicted octanol–water partition coefficient (Wildman–Crippen LogP) is 7.87. The van der Waals surface area contributed by atoms with Crippen molar-refractivity contribution in [1.29, 1.82) is 0 Å². The van der Waals surface area contributed by atoms with Crippen LogP contribution in [0, 0.1) is 0 Å². The highest BCUT2D eigenvalue weighted by molar-refractivity contribution is 8.25. The molecule has 6 heteroatoms. The van der Waals surface area contributed by atoms with Crippen LogP contribution >= 0.6 is 69.7 Å². The average molecular weight is 423 g/mol. The Hall–Kier alpha value is -0.240. The van der Waals surface area contributed by atoms with Gasteiger partial charge in [-0.1, -0.05) is 35.7 Å². The van der Waals surface area contributed by atoms with Crippen molar-refractivity contribution in [3.8, 4) is 0 Å². The highest BCUT2D eigenvalue weighted by Crippen LogP contribution is 2.56. The Morgan fingerprint density at radius 1 is 0.708 bits per heavy atom. The molecule has 122 valence electrons. The fourth-order valence-corrected chi connectivity index (χ4v) is 8.56. The highest BCUT2D eigenvalue weighted by atomic mass is 32.2. The normalized spacial score (nSPS) is 13.3. The van der Waals surface area contributed by atoms with Gasteiger partial charge >= 0.3 is 0 Å². The summed E-state index contributed by atoms with van der Waals surface area (Å²) in [5.41, 5.74) is 1.40. The quantitative estimate of drug-likeness (QED) is 0.392. The van der Waals surface area contributed by atoms with Crippen LogP contribution in [-0.2, 0) is 0 Å². The summed E-state index contributed by atoms with van der Waals surface area (Å²) in [7, 11) is 0. The first-order valence-electron chi connectivity index (χ1n) is 7.26. The van der Waals surface area contributed by atoms with Gasteiger partial charge < -0.3 is 0 Å². The van der Waals surface area contributed by atoms with E-state index in [9.17, 15) is 0 Å². The molecule has 0 radical (unpaired) electrons. The zero-order valence-corrected chi connectivity index (χ0v) is 18.0. The smallest absolute Gasteiger partial charge is 0.0602 e. The third-order valence-electron chi connectivity index (χ3n) is 3.52. The zero-order valence-electron chi connectivity index (χ0n) is 13.1. The number of benzene rings is 1. The number of hydrogen-bond acceptors (Lipinski definition) is 6. The Morgan fingerprint density at radius 3 is 1.62 bits per heavy atom. The van der Waals surface area contributed by atoms with Crippen molar-refractivity contribution in [1.82, 2.24) is 0 Å². The molecular weight excluding hydrogens is 409 g/mol. The van der Waals surface area contributed by atoms with E-state index in [1.165, 1.54) is 37.8 Å². The lowest BCUT2D eigenvalue weighted by molar-refractivity contribution is 1.27. The maximum Gasteiger partial charge on any atom is 0.0602 e. The summed E-state index contributed by atoms with van der Waals surface area (Å²) in [6.07, 6.45) is 4.29. The molecule has 0 fully saturated rings. The van der Waals surface area contributed by atoms with Crippen molar-refractivity contribution in [2.24, 2.45) is 0 Å². The highest BCUT2D eigenvalue weighted by Gasteiger charge is 2.24. The van der Waals surface area contributed by atoms with E-state index in [-0.39, 0.29) is 0 Å². The summed E-state index contributed by atoms with van der Waals surface area (Å²) >= 11 is 11.3. The molecule has 0 saturated carbocycles. The molecule has 0 nitrogen and oxygen atoms in total. The van der Waals surface area contributed by atoms with E-state index in [1.807, 2.05) is 69.7 Å². The minimum absolute atomic E-state index is 1.37. The van der Waals surface area contributed by atoms with Gasteiger partial charge in [-0.25, -0.2) is 0 Å². The van der Waals surface area contributed by atoms with Crippen LogP contribution in [0.25, 0.3) is 5.57 Å². The lowest BCUT2D eigenvalue weighted by Gasteiger charge is -2.06. The third kappa shape index (κ3) is 3.37. The van der Waals surface area contributed by atoms with E-state index in [1.54, 1.807) is 0 Å². The molecular formula is C18H14S6. The molecule has 0 N–H and O–H groups in total. The average Bonchev–Trinajstić information content (AvgIpc) is 3.34. The van der Waals surface area contributed by atoms with Crippen LogP contribution in [0.5, 0.6) is 0 Å². The van der Waals surface area contributed by atoms with Gasteiger partial charge in [0.05, 0.1) is 12.7 Å². The monoisotopic (exact) mass is 422 g/mol. The minimum atomic E-state index is 1.37. The maximum atomic E-state index is 2.28. The molecule has 0 aliphatic carbocycles. The Morgan fingerprint density at radius 2 is 1.21 bits per heavy atom. The summed E-state index contributed by atoms with van der Waals surface area (Å²) in [6, 6.07) is 17.7. The molecule has 2 aromatic heterocycles. The molecule has 24 heavy (non-hydrogen) atoms. The second-order valence-electron chi connectivity index (χ2n) is 4.96. The van der Waals surface area contributed by atoms with E-state index in [2.05, 4.69) is 61.0 Å². The number of rotatable bonds is 4. The van der Waals surface area contributed by atoms with Gasteiger partial charge in [-0.3, -0.25) is 0 Å². The van der Waals surface area contributed by atoms with E-state index < -0.39 is 0 Å². The lowest BCUT2D eigenvalue weighted by atomic mass is 10.2. The Kier molecular flexibility index (Phi) is 5.41. The number of fused-ring (bicyclic) bond motifs is 1. The van der Waals surface area contributed by atoms with Crippen molar-refractivity contribution >= 4 is 75.3 Å². The topological polar surface area (TPSA) is 0 Å². The van der Waals surface area contributed by atoms with Crippen molar-refractivity contribution in [2.75, 3.05) is 12.5 Å². The number of thioether (sulfide) groups is 4. The molecule has 4 rings (SSSR count).